The minimum atomic E-state index is -0.445. The molecule has 3 heterocycles. The van der Waals surface area contributed by atoms with Crippen LogP contribution in [0.1, 0.15) is 30.7 Å². The average molecular weight is 458 g/mol. The fourth-order valence-corrected chi connectivity index (χ4v) is 4.65. The largest absolute Gasteiger partial charge is 0.440 e. The molecule has 33 heavy (non-hydrogen) atoms. The second-order valence-electron chi connectivity index (χ2n) is 8.75. The van der Waals surface area contributed by atoms with Gasteiger partial charge < -0.3 is 4.42 Å². The Morgan fingerprint density at radius 1 is 0.879 bits per heavy atom. The number of anilines is 3. The fraction of sp³-hybridized carbons (Fsp3) is 0.192. The van der Waals surface area contributed by atoms with Crippen molar-refractivity contribution in [3.8, 4) is 0 Å². The van der Waals surface area contributed by atoms with Crippen molar-refractivity contribution < 1.29 is 14.0 Å². The van der Waals surface area contributed by atoms with Gasteiger partial charge in [0.25, 0.3) is 11.8 Å². The summed E-state index contributed by atoms with van der Waals surface area (Å²) < 4.78 is 6.34. The third-order valence-electron chi connectivity index (χ3n) is 6.37. The number of nitrogens with zero attached hydrogens (tertiary/aromatic N) is 3. The summed E-state index contributed by atoms with van der Waals surface area (Å²) in [5, 5.41) is 0.174. The van der Waals surface area contributed by atoms with Crippen molar-refractivity contribution in [2.24, 2.45) is 0 Å². The van der Waals surface area contributed by atoms with E-state index < -0.39 is 11.8 Å². The standard InChI is InChI=1S/C26H23N3O3S/c1-26(2)19-12-8-9-13-21(19)29(16-10-6-5-7-11-16)24-20(26)15-17(32-24)14-18-22(30)27(3)25(33)28(4)23(18)31/h5-15H,1-4H3. The Hall–Kier alpha value is -3.71. The van der Waals surface area contributed by atoms with Gasteiger partial charge in [-0.3, -0.25) is 24.3 Å². The molecule has 2 aromatic carbocycles. The lowest BCUT2D eigenvalue weighted by molar-refractivity contribution is -0.132. The summed E-state index contributed by atoms with van der Waals surface area (Å²) in [4.78, 5) is 30.3. The monoisotopic (exact) mass is 457 g/mol. The molecule has 6 nitrogen and oxygen atoms in total. The van der Waals surface area contributed by atoms with Gasteiger partial charge in [-0.25, -0.2) is 0 Å². The van der Waals surface area contributed by atoms with Gasteiger partial charge in [0.15, 0.2) is 5.11 Å². The van der Waals surface area contributed by atoms with E-state index in [1.807, 2.05) is 48.5 Å². The fourth-order valence-electron chi connectivity index (χ4n) is 4.49. The van der Waals surface area contributed by atoms with Crippen molar-refractivity contribution in [3.63, 3.8) is 0 Å². The maximum atomic E-state index is 12.8. The summed E-state index contributed by atoms with van der Waals surface area (Å²) in [5.74, 6) is 0.220. The predicted molar refractivity (Wildman–Crippen MR) is 132 cm³/mol. The van der Waals surface area contributed by atoms with Crippen molar-refractivity contribution >= 4 is 52.5 Å². The third-order valence-corrected chi connectivity index (χ3v) is 6.92. The van der Waals surface area contributed by atoms with Crippen LogP contribution in [0.5, 0.6) is 0 Å². The summed E-state index contributed by atoms with van der Waals surface area (Å²) in [6.45, 7) is 4.30. The topological polar surface area (TPSA) is 57.0 Å². The summed E-state index contributed by atoms with van der Waals surface area (Å²) in [5.41, 5.74) is 3.81. The first-order valence-corrected chi connectivity index (χ1v) is 11.0. The molecule has 0 saturated carbocycles. The van der Waals surface area contributed by atoms with Crippen molar-refractivity contribution in [3.05, 3.63) is 83.1 Å². The van der Waals surface area contributed by atoms with E-state index in [2.05, 4.69) is 30.9 Å². The maximum Gasteiger partial charge on any atom is 0.265 e. The van der Waals surface area contributed by atoms with Gasteiger partial charge in [-0.05, 0) is 48.1 Å². The number of fused-ring (bicyclic) bond motifs is 2. The molecular formula is C26H23N3O3S. The lowest BCUT2D eigenvalue weighted by Gasteiger charge is -2.38. The lowest BCUT2D eigenvalue weighted by atomic mass is 9.75. The number of rotatable bonds is 2. The minimum Gasteiger partial charge on any atom is -0.440 e. The van der Waals surface area contributed by atoms with Gasteiger partial charge in [0.05, 0.1) is 5.69 Å². The highest BCUT2D eigenvalue weighted by Crippen LogP contribution is 2.53. The second-order valence-corrected chi connectivity index (χ2v) is 9.11. The number of furan rings is 1. The Morgan fingerprint density at radius 3 is 2.15 bits per heavy atom. The molecule has 2 amide bonds. The first kappa shape index (κ1) is 21.2. The molecule has 0 N–H and O–H groups in total. The molecule has 0 spiro atoms. The average Bonchev–Trinajstić information content (AvgIpc) is 3.25. The number of amides is 2. The highest BCUT2D eigenvalue weighted by Gasteiger charge is 2.40. The van der Waals surface area contributed by atoms with E-state index in [0.717, 1.165) is 22.5 Å². The molecule has 2 aliphatic rings. The number of benzene rings is 2. The molecule has 0 atom stereocenters. The molecule has 0 unspecified atom stereocenters. The Morgan fingerprint density at radius 2 is 1.48 bits per heavy atom. The lowest BCUT2D eigenvalue weighted by Crippen LogP contribution is -2.52. The molecule has 0 aliphatic carbocycles. The molecule has 5 rings (SSSR count). The van der Waals surface area contributed by atoms with Crippen LogP contribution in [0, 0.1) is 0 Å². The van der Waals surface area contributed by atoms with E-state index in [4.69, 9.17) is 16.6 Å². The SMILES string of the molecule is CN1C(=O)C(=Cc2cc3c(o2)N(c2ccccc2)c2ccccc2C3(C)C)C(=O)N(C)C1=S. The smallest absolute Gasteiger partial charge is 0.265 e. The second kappa shape index (κ2) is 7.42. The van der Waals surface area contributed by atoms with Crippen LogP contribution in [0.15, 0.2) is 70.7 Å². The van der Waals surface area contributed by atoms with Crippen molar-refractivity contribution in [2.75, 3.05) is 19.0 Å². The number of carbonyl (C=O) groups excluding carboxylic acids is 2. The van der Waals surface area contributed by atoms with Crippen LogP contribution in [0.25, 0.3) is 6.08 Å². The van der Waals surface area contributed by atoms with Crippen LogP contribution >= 0.6 is 12.2 Å². The van der Waals surface area contributed by atoms with Crippen LogP contribution in [-0.2, 0) is 15.0 Å². The van der Waals surface area contributed by atoms with Gasteiger partial charge in [-0.15, -0.1) is 0 Å². The zero-order chi connectivity index (χ0) is 23.5. The first-order valence-electron chi connectivity index (χ1n) is 10.6. The van der Waals surface area contributed by atoms with Gasteiger partial charge >= 0.3 is 0 Å². The number of carbonyl (C=O) groups is 2. The quantitative estimate of drug-likeness (QED) is 0.308. The number of hydrogen-bond donors (Lipinski definition) is 0. The Labute approximate surface area is 197 Å². The molecule has 166 valence electrons. The molecule has 2 aliphatic heterocycles. The van der Waals surface area contributed by atoms with E-state index in [9.17, 15) is 9.59 Å². The Bertz CT molecular complexity index is 1310. The summed E-state index contributed by atoms with van der Waals surface area (Å²) in [6.07, 6.45) is 1.52. The molecule has 1 saturated heterocycles. The van der Waals surface area contributed by atoms with Crippen LogP contribution < -0.4 is 4.90 Å². The highest BCUT2D eigenvalue weighted by atomic mass is 32.1. The summed E-state index contributed by atoms with van der Waals surface area (Å²) >= 11 is 5.19. The molecule has 7 heteroatoms. The van der Waals surface area contributed by atoms with Gasteiger partial charge in [0, 0.05) is 30.8 Å². The van der Waals surface area contributed by atoms with Crippen LogP contribution in [0.3, 0.4) is 0 Å². The molecule has 1 fully saturated rings. The van der Waals surface area contributed by atoms with Gasteiger partial charge in [-0.2, -0.15) is 0 Å². The zero-order valence-corrected chi connectivity index (χ0v) is 19.6. The van der Waals surface area contributed by atoms with Gasteiger partial charge in [-0.1, -0.05) is 50.2 Å². The van der Waals surface area contributed by atoms with Crippen molar-refractivity contribution in [1.29, 1.82) is 0 Å². The van der Waals surface area contributed by atoms with E-state index in [0.29, 0.717) is 11.6 Å². The summed E-state index contributed by atoms with van der Waals surface area (Å²) in [7, 11) is 3.12. The molecule has 3 aromatic rings. The predicted octanol–water partition coefficient (Wildman–Crippen LogP) is 4.99. The molecule has 0 bridgehead atoms. The summed E-state index contributed by atoms with van der Waals surface area (Å²) in [6, 6.07) is 20.2. The number of likely N-dealkylation sites (N-methyl/N-ethyl adjacent to an activating group) is 2. The van der Waals surface area contributed by atoms with Crippen LogP contribution in [0.4, 0.5) is 17.3 Å². The number of thiocarbonyl (C=S) groups is 1. The van der Waals surface area contributed by atoms with Crippen LogP contribution in [-0.4, -0.2) is 40.8 Å². The Kier molecular flexibility index (Phi) is 4.76. The zero-order valence-electron chi connectivity index (χ0n) is 18.8. The van der Waals surface area contributed by atoms with Gasteiger partial charge in [0.2, 0.25) is 5.88 Å². The van der Waals surface area contributed by atoms with E-state index in [-0.39, 0.29) is 16.1 Å². The number of hydrogen-bond acceptors (Lipinski definition) is 5. The highest BCUT2D eigenvalue weighted by molar-refractivity contribution is 7.80. The third kappa shape index (κ3) is 3.11. The maximum absolute atomic E-state index is 12.8. The van der Waals surface area contributed by atoms with Gasteiger partial charge in [0.1, 0.15) is 11.3 Å². The van der Waals surface area contributed by atoms with E-state index in [1.165, 1.54) is 15.9 Å². The first-order chi connectivity index (χ1) is 15.7. The molecule has 1 aromatic heterocycles. The van der Waals surface area contributed by atoms with Crippen LogP contribution in [0.2, 0.25) is 0 Å². The number of para-hydroxylation sites is 2. The van der Waals surface area contributed by atoms with Crippen molar-refractivity contribution in [2.45, 2.75) is 19.3 Å². The van der Waals surface area contributed by atoms with E-state index in [1.54, 1.807) is 14.1 Å². The van der Waals surface area contributed by atoms with E-state index >= 15 is 0 Å². The molecular weight excluding hydrogens is 434 g/mol. The van der Waals surface area contributed by atoms with Crippen molar-refractivity contribution in [1.82, 2.24) is 9.80 Å². The molecule has 0 radical (unpaired) electrons. The minimum absolute atomic E-state index is 0.0151. The Balaban J connectivity index is 1.69. The normalized spacial score (nSPS) is 17.3.